The first-order valence-corrected chi connectivity index (χ1v) is 5.39. The van der Waals surface area contributed by atoms with Crippen LogP contribution in [0, 0.1) is 5.41 Å². The highest BCUT2D eigenvalue weighted by Crippen LogP contribution is 2.44. The molecule has 2 atom stereocenters. The lowest BCUT2D eigenvalue weighted by Gasteiger charge is -2.49. The van der Waals surface area contributed by atoms with Gasteiger partial charge in [0.25, 0.3) is 0 Å². The largest absolute Gasteiger partial charge is 0.310 e. The van der Waals surface area contributed by atoms with E-state index >= 15 is 0 Å². The smallest absolute Gasteiger partial charge is 0.0416 e. The van der Waals surface area contributed by atoms with E-state index in [1.807, 2.05) is 0 Å². The molecule has 0 saturated heterocycles. The molecule has 0 bridgehead atoms. The van der Waals surface area contributed by atoms with Crippen LogP contribution in [0.3, 0.4) is 0 Å². The Hall–Kier alpha value is -0.0100. The number of alkyl halides is 1. The summed E-state index contributed by atoms with van der Waals surface area (Å²) in [6, 6.07) is 0.589. The fraction of sp³-hybridized carbons (Fsp3) is 0.818. The summed E-state index contributed by atoms with van der Waals surface area (Å²) in [5.41, 5.74) is 1.63. The maximum Gasteiger partial charge on any atom is 0.0416 e. The third kappa shape index (κ3) is 2.47. The number of rotatable bonds is 3. The van der Waals surface area contributed by atoms with Gasteiger partial charge in [-0.3, -0.25) is 0 Å². The van der Waals surface area contributed by atoms with Gasteiger partial charge in [-0.2, -0.15) is 0 Å². The van der Waals surface area contributed by atoms with Crippen molar-refractivity contribution < 1.29 is 0 Å². The first-order chi connectivity index (χ1) is 5.94. The molecule has 0 aliphatic heterocycles. The van der Waals surface area contributed by atoms with E-state index in [4.69, 9.17) is 11.6 Å². The summed E-state index contributed by atoms with van der Waals surface area (Å²) < 4.78 is 0. The fourth-order valence-corrected chi connectivity index (χ4v) is 1.95. The molecule has 1 saturated carbocycles. The molecule has 1 N–H and O–H groups in total. The Labute approximate surface area is 86.5 Å². The van der Waals surface area contributed by atoms with Crippen LogP contribution in [0.1, 0.15) is 34.1 Å². The van der Waals surface area contributed by atoms with Gasteiger partial charge in [0.15, 0.2) is 0 Å². The summed E-state index contributed by atoms with van der Waals surface area (Å²) in [7, 11) is 0. The molecule has 1 aliphatic rings. The molecule has 2 unspecified atom stereocenters. The van der Waals surface area contributed by atoms with E-state index in [-0.39, 0.29) is 5.41 Å². The van der Waals surface area contributed by atoms with E-state index in [0.29, 0.717) is 11.4 Å². The highest BCUT2D eigenvalue weighted by Gasteiger charge is 2.46. The minimum Gasteiger partial charge on any atom is -0.310 e. The van der Waals surface area contributed by atoms with Crippen molar-refractivity contribution >= 4 is 11.6 Å². The van der Waals surface area contributed by atoms with Crippen LogP contribution in [0.5, 0.6) is 0 Å². The van der Waals surface area contributed by atoms with Gasteiger partial charge >= 0.3 is 0 Å². The zero-order valence-electron chi connectivity index (χ0n) is 9.02. The minimum absolute atomic E-state index is 0.261. The van der Waals surface area contributed by atoms with Crippen LogP contribution in [0.2, 0.25) is 0 Å². The average molecular weight is 202 g/mol. The Morgan fingerprint density at radius 3 is 2.54 bits per heavy atom. The Morgan fingerprint density at radius 2 is 2.15 bits per heavy atom. The van der Waals surface area contributed by atoms with Crippen LogP contribution in [0.25, 0.3) is 0 Å². The molecule has 0 aromatic carbocycles. The highest BCUT2D eigenvalue weighted by atomic mass is 35.5. The molecule has 13 heavy (non-hydrogen) atoms. The van der Waals surface area contributed by atoms with Crippen molar-refractivity contribution in [2.75, 3.05) is 6.54 Å². The Bertz CT molecular complexity index is 204. The molecule has 0 heterocycles. The zero-order valence-corrected chi connectivity index (χ0v) is 9.78. The Morgan fingerprint density at radius 1 is 1.54 bits per heavy atom. The second kappa shape index (κ2) is 4.02. The number of nitrogens with one attached hydrogen (secondary N) is 1. The van der Waals surface area contributed by atoms with E-state index in [0.717, 1.165) is 13.0 Å². The SMILES string of the molecule is CC(C)=CCNC1CC(Cl)C1(C)C. The second-order valence-electron chi connectivity index (χ2n) is 4.77. The number of halogens is 1. The lowest BCUT2D eigenvalue weighted by atomic mass is 9.67. The number of allylic oxidation sites excluding steroid dienone is 1. The molecule has 0 aromatic rings. The van der Waals surface area contributed by atoms with Crippen LogP contribution in [0.15, 0.2) is 11.6 Å². The van der Waals surface area contributed by atoms with Crippen molar-refractivity contribution in [1.29, 1.82) is 0 Å². The lowest BCUT2D eigenvalue weighted by molar-refractivity contribution is 0.120. The summed E-state index contributed by atoms with van der Waals surface area (Å²) >= 11 is 6.12. The van der Waals surface area contributed by atoms with Crippen molar-refractivity contribution in [2.24, 2.45) is 5.41 Å². The molecule has 0 radical (unpaired) electrons. The van der Waals surface area contributed by atoms with Crippen LogP contribution >= 0.6 is 11.6 Å². The zero-order chi connectivity index (χ0) is 10.1. The molecule has 1 nitrogen and oxygen atoms in total. The third-order valence-corrected chi connectivity index (χ3v) is 3.76. The van der Waals surface area contributed by atoms with Gasteiger partial charge < -0.3 is 5.32 Å². The topological polar surface area (TPSA) is 12.0 Å². The van der Waals surface area contributed by atoms with Crippen molar-refractivity contribution in [3.05, 3.63) is 11.6 Å². The average Bonchev–Trinajstić information content (AvgIpc) is 2.02. The van der Waals surface area contributed by atoms with Crippen molar-refractivity contribution in [3.8, 4) is 0 Å². The molecule has 76 valence electrons. The molecule has 0 spiro atoms. The molecular weight excluding hydrogens is 182 g/mol. The van der Waals surface area contributed by atoms with E-state index in [2.05, 4.69) is 39.1 Å². The summed E-state index contributed by atoms with van der Waals surface area (Å²) in [6.07, 6.45) is 3.32. The van der Waals surface area contributed by atoms with Crippen LogP contribution < -0.4 is 5.32 Å². The summed E-state index contributed by atoms with van der Waals surface area (Å²) in [6.45, 7) is 9.68. The van der Waals surface area contributed by atoms with E-state index < -0.39 is 0 Å². The predicted molar refractivity (Wildman–Crippen MR) is 59.3 cm³/mol. The van der Waals surface area contributed by atoms with Gasteiger partial charge in [0.2, 0.25) is 0 Å². The Kier molecular flexibility index (Phi) is 3.42. The quantitative estimate of drug-likeness (QED) is 0.547. The molecule has 0 aromatic heterocycles. The van der Waals surface area contributed by atoms with Gasteiger partial charge in [-0.1, -0.05) is 25.5 Å². The van der Waals surface area contributed by atoms with Crippen molar-refractivity contribution in [1.82, 2.24) is 5.32 Å². The number of hydrogen-bond acceptors (Lipinski definition) is 1. The van der Waals surface area contributed by atoms with Gasteiger partial charge in [0, 0.05) is 18.0 Å². The molecule has 0 amide bonds. The molecule has 1 aliphatic carbocycles. The van der Waals surface area contributed by atoms with E-state index in [1.54, 1.807) is 0 Å². The summed E-state index contributed by atoms with van der Waals surface area (Å²) in [4.78, 5) is 0. The Balaban J connectivity index is 2.29. The van der Waals surface area contributed by atoms with E-state index in [9.17, 15) is 0 Å². The first-order valence-electron chi connectivity index (χ1n) is 4.95. The maximum atomic E-state index is 6.12. The van der Waals surface area contributed by atoms with Crippen molar-refractivity contribution in [3.63, 3.8) is 0 Å². The van der Waals surface area contributed by atoms with Gasteiger partial charge in [0.05, 0.1) is 0 Å². The van der Waals surface area contributed by atoms with Crippen LogP contribution in [0.4, 0.5) is 0 Å². The van der Waals surface area contributed by atoms with Crippen LogP contribution in [-0.2, 0) is 0 Å². The predicted octanol–water partition coefficient (Wildman–Crippen LogP) is 2.95. The van der Waals surface area contributed by atoms with Gasteiger partial charge in [-0.05, 0) is 25.7 Å². The van der Waals surface area contributed by atoms with E-state index in [1.165, 1.54) is 5.57 Å². The lowest BCUT2D eigenvalue weighted by Crippen LogP contribution is -2.57. The molecular formula is C11H20ClN. The molecule has 1 fully saturated rings. The standard InChI is InChI=1S/C11H20ClN/c1-8(2)5-6-13-10-7-9(12)11(10,3)4/h5,9-10,13H,6-7H2,1-4H3. The van der Waals surface area contributed by atoms with Gasteiger partial charge in [0.1, 0.15) is 0 Å². The summed E-state index contributed by atoms with van der Waals surface area (Å²) in [5, 5.41) is 3.85. The molecule has 2 heteroatoms. The normalized spacial score (nSPS) is 30.8. The fourth-order valence-electron chi connectivity index (χ4n) is 1.62. The maximum absolute atomic E-state index is 6.12. The summed E-state index contributed by atoms with van der Waals surface area (Å²) in [5.74, 6) is 0. The monoisotopic (exact) mass is 201 g/mol. The third-order valence-electron chi connectivity index (χ3n) is 3.02. The minimum atomic E-state index is 0.261. The number of hydrogen-bond donors (Lipinski definition) is 1. The second-order valence-corrected chi connectivity index (χ2v) is 5.29. The van der Waals surface area contributed by atoms with Crippen LogP contribution in [-0.4, -0.2) is 18.0 Å². The van der Waals surface area contributed by atoms with Crippen molar-refractivity contribution in [2.45, 2.75) is 45.5 Å². The van der Waals surface area contributed by atoms with Gasteiger partial charge in [-0.15, -0.1) is 11.6 Å². The first kappa shape index (κ1) is 11.1. The highest BCUT2D eigenvalue weighted by molar-refractivity contribution is 6.21. The van der Waals surface area contributed by atoms with Gasteiger partial charge in [-0.25, -0.2) is 0 Å². The molecule has 1 rings (SSSR count).